The van der Waals surface area contributed by atoms with Crippen LogP contribution < -0.4 is 4.72 Å². The van der Waals surface area contributed by atoms with Gasteiger partial charge in [-0.3, -0.25) is 4.90 Å². The first-order valence-electron chi connectivity index (χ1n) is 7.61. The Morgan fingerprint density at radius 3 is 3.09 bits per heavy atom. The van der Waals surface area contributed by atoms with Crippen LogP contribution in [-0.2, 0) is 21.3 Å². The highest BCUT2D eigenvalue weighted by atomic mass is 32.2. The van der Waals surface area contributed by atoms with E-state index in [0.29, 0.717) is 19.1 Å². The molecule has 0 amide bonds. The minimum absolute atomic E-state index is 0.0887. The molecule has 8 heteroatoms. The van der Waals surface area contributed by atoms with E-state index in [0.717, 1.165) is 36.9 Å². The third-order valence-electron chi connectivity index (χ3n) is 4.64. The van der Waals surface area contributed by atoms with Crippen molar-refractivity contribution in [2.45, 2.75) is 20.4 Å². The maximum absolute atomic E-state index is 11.7. The van der Waals surface area contributed by atoms with E-state index in [1.807, 2.05) is 6.92 Å². The summed E-state index contributed by atoms with van der Waals surface area (Å²) in [6.45, 7) is 8.16. The summed E-state index contributed by atoms with van der Waals surface area (Å²) in [4.78, 5) is 6.90. The predicted octanol–water partition coefficient (Wildman–Crippen LogP) is 0.839. The Kier molecular flexibility index (Phi) is 4.57. The van der Waals surface area contributed by atoms with Gasteiger partial charge in [-0.2, -0.15) is 0 Å². The van der Waals surface area contributed by atoms with Crippen molar-refractivity contribution in [3.8, 4) is 0 Å². The van der Waals surface area contributed by atoms with Crippen LogP contribution in [-0.4, -0.2) is 56.9 Å². The molecule has 2 aliphatic rings. The molecule has 0 saturated carbocycles. The van der Waals surface area contributed by atoms with Crippen molar-refractivity contribution in [3.63, 3.8) is 0 Å². The van der Waals surface area contributed by atoms with Crippen molar-refractivity contribution >= 4 is 21.4 Å². The van der Waals surface area contributed by atoms with E-state index in [1.54, 1.807) is 18.3 Å². The molecule has 124 valence electrons. The molecule has 0 bridgehead atoms. The van der Waals surface area contributed by atoms with Crippen LogP contribution in [0.25, 0.3) is 0 Å². The van der Waals surface area contributed by atoms with E-state index < -0.39 is 10.0 Å². The number of thiazole rings is 1. The number of ether oxygens (including phenoxy) is 1. The summed E-state index contributed by atoms with van der Waals surface area (Å²) in [6.07, 6.45) is 0. The number of likely N-dealkylation sites (tertiary alicyclic amines) is 1. The van der Waals surface area contributed by atoms with Crippen LogP contribution in [0.4, 0.5) is 0 Å². The van der Waals surface area contributed by atoms with Gasteiger partial charge in [0, 0.05) is 42.0 Å². The molecule has 22 heavy (non-hydrogen) atoms. The van der Waals surface area contributed by atoms with Crippen molar-refractivity contribution < 1.29 is 13.2 Å². The average Bonchev–Trinajstić information content (AvgIpc) is 3.12. The van der Waals surface area contributed by atoms with E-state index in [-0.39, 0.29) is 11.2 Å². The molecule has 0 radical (unpaired) electrons. The summed E-state index contributed by atoms with van der Waals surface area (Å²) >= 11 is 1.69. The number of fused-ring (bicyclic) bond motifs is 1. The molecule has 1 aromatic rings. The molecule has 0 aromatic carbocycles. The largest absolute Gasteiger partial charge is 0.380 e. The second-order valence-electron chi connectivity index (χ2n) is 6.35. The van der Waals surface area contributed by atoms with Gasteiger partial charge in [-0.15, -0.1) is 11.3 Å². The molecule has 0 spiro atoms. The molecule has 1 aromatic heterocycles. The summed E-state index contributed by atoms with van der Waals surface area (Å²) in [5.41, 5.74) is 0.974. The number of nitrogens with zero attached hydrogens (tertiary/aromatic N) is 2. The molecular weight excluding hydrogens is 322 g/mol. The summed E-state index contributed by atoms with van der Waals surface area (Å²) in [5.74, 6) is 0.518. The van der Waals surface area contributed by atoms with Gasteiger partial charge >= 0.3 is 0 Å². The number of hydrogen-bond donors (Lipinski definition) is 1. The van der Waals surface area contributed by atoms with Gasteiger partial charge in [-0.1, -0.05) is 0 Å². The van der Waals surface area contributed by atoms with Gasteiger partial charge in [-0.25, -0.2) is 18.1 Å². The number of rotatable bonds is 6. The van der Waals surface area contributed by atoms with Gasteiger partial charge in [0.05, 0.1) is 25.5 Å². The lowest BCUT2D eigenvalue weighted by Crippen LogP contribution is -2.43. The van der Waals surface area contributed by atoms with Crippen LogP contribution >= 0.6 is 11.3 Å². The number of aryl methyl sites for hydroxylation is 1. The fraction of sp³-hybridized carbons (Fsp3) is 0.786. The molecule has 6 nitrogen and oxygen atoms in total. The van der Waals surface area contributed by atoms with Gasteiger partial charge in [0.2, 0.25) is 10.0 Å². The molecule has 3 rings (SSSR count). The van der Waals surface area contributed by atoms with Crippen molar-refractivity contribution in [1.29, 1.82) is 0 Å². The normalized spacial score (nSPS) is 29.1. The van der Waals surface area contributed by atoms with Crippen molar-refractivity contribution in [2.24, 2.45) is 11.3 Å². The first kappa shape index (κ1) is 16.3. The highest BCUT2D eigenvalue weighted by Crippen LogP contribution is 2.41. The summed E-state index contributed by atoms with van der Waals surface area (Å²) in [7, 11) is -3.16. The number of hydrogen-bond acceptors (Lipinski definition) is 6. The molecule has 2 atom stereocenters. The first-order valence-corrected chi connectivity index (χ1v) is 10.1. The van der Waals surface area contributed by atoms with Crippen LogP contribution in [0.15, 0.2) is 5.38 Å². The zero-order valence-electron chi connectivity index (χ0n) is 13.0. The smallest absolute Gasteiger partial charge is 0.211 e. The maximum Gasteiger partial charge on any atom is 0.211 e. The first-order chi connectivity index (χ1) is 10.4. The van der Waals surface area contributed by atoms with Crippen LogP contribution in [0.5, 0.6) is 0 Å². The molecular formula is C14H23N3O3S2. The van der Waals surface area contributed by atoms with E-state index in [4.69, 9.17) is 4.74 Å². The van der Waals surface area contributed by atoms with Crippen molar-refractivity contribution in [3.05, 3.63) is 16.1 Å². The third-order valence-corrected chi connectivity index (χ3v) is 6.94. The molecule has 1 N–H and O–H groups in total. The SMILES string of the molecule is CCS(=O)(=O)NC[C@]12COC[C@H]1CN(Cc1nc(C)cs1)C2. The lowest BCUT2D eigenvalue weighted by Gasteiger charge is -2.27. The van der Waals surface area contributed by atoms with Crippen LogP contribution in [0.3, 0.4) is 0 Å². The zero-order chi connectivity index (χ0) is 15.8. The fourth-order valence-corrected chi connectivity index (χ4v) is 4.86. The molecule has 2 saturated heterocycles. The number of nitrogens with one attached hydrogen (secondary N) is 1. The Balaban J connectivity index is 1.66. The molecule has 0 aliphatic carbocycles. The predicted molar refractivity (Wildman–Crippen MR) is 86.3 cm³/mol. The Bertz CT molecular complexity index is 631. The minimum Gasteiger partial charge on any atom is -0.380 e. The van der Waals surface area contributed by atoms with E-state index in [2.05, 4.69) is 20.0 Å². The minimum atomic E-state index is -3.16. The molecule has 0 unspecified atom stereocenters. The molecule has 2 aliphatic heterocycles. The number of sulfonamides is 1. The Morgan fingerprint density at radius 1 is 1.59 bits per heavy atom. The van der Waals surface area contributed by atoms with E-state index in [1.165, 1.54) is 0 Å². The highest BCUT2D eigenvalue weighted by Gasteiger charge is 2.50. The van der Waals surface area contributed by atoms with Crippen LogP contribution in [0, 0.1) is 18.3 Å². The zero-order valence-corrected chi connectivity index (χ0v) is 14.7. The fourth-order valence-electron chi connectivity index (χ4n) is 3.34. The van der Waals surface area contributed by atoms with Gasteiger partial charge in [0.1, 0.15) is 5.01 Å². The second-order valence-corrected chi connectivity index (χ2v) is 9.39. The standard InChI is InChI=1S/C14H23N3O3S2/c1-3-22(18,19)15-8-14-9-17(4-12(14)6-20-10-14)5-13-16-11(2)7-21-13/h7,12,15H,3-6,8-10H2,1-2H3/t12-,14+/m1/s1. The Morgan fingerprint density at radius 2 is 2.41 bits per heavy atom. The van der Waals surface area contributed by atoms with E-state index >= 15 is 0 Å². The summed E-state index contributed by atoms with van der Waals surface area (Å²) in [6, 6.07) is 0. The van der Waals surface area contributed by atoms with E-state index in [9.17, 15) is 8.42 Å². The maximum atomic E-state index is 11.7. The molecule has 2 fully saturated rings. The highest BCUT2D eigenvalue weighted by molar-refractivity contribution is 7.89. The second kappa shape index (κ2) is 6.16. The summed E-state index contributed by atoms with van der Waals surface area (Å²) in [5, 5.41) is 3.20. The number of aromatic nitrogens is 1. The van der Waals surface area contributed by atoms with Gasteiger partial charge in [-0.05, 0) is 13.8 Å². The third kappa shape index (κ3) is 3.35. The van der Waals surface area contributed by atoms with Crippen molar-refractivity contribution in [2.75, 3.05) is 38.6 Å². The quantitative estimate of drug-likeness (QED) is 0.827. The van der Waals surface area contributed by atoms with Crippen molar-refractivity contribution in [1.82, 2.24) is 14.6 Å². The Labute approximate surface area is 135 Å². The lowest BCUT2D eigenvalue weighted by molar-refractivity contribution is 0.128. The summed E-state index contributed by atoms with van der Waals surface area (Å²) < 4.78 is 31.9. The average molecular weight is 345 g/mol. The van der Waals surface area contributed by atoms with Crippen LogP contribution in [0.1, 0.15) is 17.6 Å². The topological polar surface area (TPSA) is 71.5 Å². The van der Waals surface area contributed by atoms with Gasteiger partial charge < -0.3 is 4.74 Å². The Hall–Kier alpha value is -0.540. The van der Waals surface area contributed by atoms with Gasteiger partial charge in [0.15, 0.2) is 0 Å². The van der Waals surface area contributed by atoms with Crippen LogP contribution in [0.2, 0.25) is 0 Å². The molecule has 3 heterocycles. The monoisotopic (exact) mass is 345 g/mol. The lowest BCUT2D eigenvalue weighted by atomic mass is 9.81. The van der Waals surface area contributed by atoms with Gasteiger partial charge in [0.25, 0.3) is 0 Å².